The Morgan fingerprint density at radius 3 is 2.38 bits per heavy atom. The fourth-order valence-electron chi connectivity index (χ4n) is 3.27. The van der Waals surface area contributed by atoms with Crippen LogP contribution >= 0.6 is 23.2 Å². The lowest BCUT2D eigenvalue weighted by Crippen LogP contribution is -2.48. The van der Waals surface area contributed by atoms with E-state index in [1.165, 1.54) is 0 Å². The lowest BCUT2D eigenvalue weighted by atomic mass is 9.88. The van der Waals surface area contributed by atoms with E-state index in [0.29, 0.717) is 54.4 Å². The normalized spacial score (nSPS) is 21.7. The van der Waals surface area contributed by atoms with Gasteiger partial charge in [0, 0.05) is 31.0 Å². The first-order chi connectivity index (χ1) is 11.5. The van der Waals surface area contributed by atoms with Crippen molar-refractivity contribution in [2.45, 2.75) is 31.7 Å². The summed E-state index contributed by atoms with van der Waals surface area (Å²) in [4.78, 5) is 37.9. The highest BCUT2D eigenvalue weighted by Crippen LogP contribution is 2.27. The number of benzene rings is 1. The Hall–Kier alpha value is -1.59. The molecular weight excluding hydrogens is 351 g/mol. The van der Waals surface area contributed by atoms with Gasteiger partial charge in [0.15, 0.2) is 5.78 Å². The van der Waals surface area contributed by atoms with Crippen molar-refractivity contribution in [2.24, 2.45) is 5.92 Å². The first-order valence-electron chi connectivity index (χ1n) is 8.03. The van der Waals surface area contributed by atoms with Crippen molar-refractivity contribution < 1.29 is 14.4 Å². The predicted molar refractivity (Wildman–Crippen MR) is 91.3 cm³/mol. The van der Waals surface area contributed by atoms with Crippen LogP contribution in [0.15, 0.2) is 18.2 Å². The lowest BCUT2D eigenvalue weighted by molar-refractivity contribution is -0.135. The molecule has 2 heterocycles. The Bertz CT molecular complexity index is 684. The number of carbonyl (C=O) groups is 3. The minimum atomic E-state index is -0.403. The molecule has 24 heavy (non-hydrogen) atoms. The van der Waals surface area contributed by atoms with Crippen molar-refractivity contribution in [2.75, 3.05) is 13.1 Å². The fourth-order valence-corrected chi connectivity index (χ4v) is 3.56. The summed E-state index contributed by atoms with van der Waals surface area (Å²) in [6.07, 6.45) is 2.19. The van der Waals surface area contributed by atoms with Crippen LogP contribution in [-0.2, 0) is 9.59 Å². The van der Waals surface area contributed by atoms with Gasteiger partial charge in [-0.3, -0.25) is 14.4 Å². The number of amides is 2. The molecule has 128 valence electrons. The second-order valence-electron chi connectivity index (χ2n) is 6.25. The number of Topliss-reactive ketones (excluding diaryl/α,β-unsaturated/α-hetero) is 1. The number of nitrogens with one attached hydrogen (secondary N) is 1. The second-order valence-corrected chi connectivity index (χ2v) is 7.07. The number of likely N-dealkylation sites (tertiary alicyclic amines) is 1. The third-order valence-corrected chi connectivity index (χ3v) is 5.41. The van der Waals surface area contributed by atoms with Crippen molar-refractivity contribution in [1.82, 2.24) is 10.2 Å². The van der Waals surface area contributed by atoms with Crippen LogP contribution in [0, 0.1) is 5.92 Å². The number of hydrogen-bond donors (Lipinski definition) is 1. The molecule has 0 radical (unpaired) electrons. The van der Waals surface area contributed by atoms with Gasteiger partial charge in [0.1, 0.15) is 6.04 Å². The maximum Gasteiger partial charge on any atom is 0.245 e. The van der Waals surface area contributed by atoms with Gasteiger partial charge < -0.3 is 10.2 Å². The molecule has 2 saturated heterocycles. The monoisotopic (exact) mass is 368 g/mol. The molecule has 2 amide bonds. The molecule has 0 aliphatic carbocycles. The summed E-state index contributed by atoms with van der Waals surface area (Å²) >= 11 is 11.9. The highest BCUT2D eigenvalue weighted by atomic mass is 35.5. The highest BCUT2D eigenvalue weighted by Gasteiger charge is 2.34. The number of carbonyl (C=O) groups excluding carboxylic acids is 3. The number of ketones is 1. The standard InChI is InChI=1S/C17H18Cl2N2O3/c18-12-2-1-11(9-13(12)19)16(23)10-5-7-21(8-6-10)17(24)14-3-4-15(22)20-14/h1-2,9-10,14H,3-8H2,(H,20,22). The maximum atomic E-state index is 12.6. The van der Waals surface area contributed by atoms with Crippen LogP contribution in [-0.4, -0.2) is 41.6 Å². The molecule has 1 unspecified atom stereocenters. The first-order valence-corrected chi connectivity index (χ1v) is 8.78. The molecule has 2 aliphatic heterocycles. The average Bonchev–Trinajstić information content (AvgIpc) is 3.02. The Balaban J connectivity index is 1.58. The summed E-state index contributed by atoms with van der Waals surface area (Å²) in [6, 6.07) is 4.50. The number of halogens is 2. The molecule has 1 aromatic rings. The predicted octanol–water partition coefficient (Wildman–Crippen LogP) is 2.69. The van der Waals surface area contributed by atoms with Gasteiger partial charge in [0.2, 0.25) is 11.8 Å². The Morgan fingerprint density at radius 2 is 1.79 bits per heavy atom. The van der Waals surface area contributed by atoms with Crippen LogP contribution in [0.25, 0.3) is 0 Å². The minimum Gasteiger partial charge on any atom is -0.344 e. The molecule has 0 bridgehead atoms. The quantitative estimate of drug-likeness (QED) is 0.834. The fraction of sp³-hybridized carbons (Fsp3) is 0.471. The third kappa shape index (κ3) is 3.57. The largest absolute Gasteiger partial charge is 0.344 e. The highest BCUT2D eigenvalue weighted by molar-refractivity contribution is 6.42. The van der Waals surface area contributed by atoms with E-state index in [1.54, 1.807) is 23.1 Å². The molecular formula is C17H18Cl2N2O3. The number of hydrogen-bond acceptors (Lipinski definition) is 3. The topological polar surface area (TPSA) is 66.5 Å². The van der Waals surface area contributed by atoms with E-state index in [1.807, 2.05) is 0 Å². The van der Waals surface area contributed by atoms with E-state index in [2.05, 4.69) is 5.32 Å². The van der Waals surface area contributed by atoms with E-state index in [4.69, 9.17) is 23.2 Å². The van der Waals surface area contributed by atoms with E-state index in [-0.39, 0.29) is 23.5 Å². The Labute approximate surface area is 150 Å². The van der Waals surface area contributed by atoms with Gasteiger partial charge in [-0.15, -0.1) is 0 Å². The van der Waals surface area contributed by atoms with Gasteiger partial charge in [-0.1, -0.05) is 23.2 Å². The molecule has 5 nitrogen and oxygen atoms in total. The zero-order valence-corrected chi connectivity index (χ0v) is 14.6. The Kier molecular flexibility index (Phi) is 5.11. The summed E-state index contributed by atoms with van der Waals surface area (Å²) in [7, 11) is 0. The minimum absolute atomic E-state index is 0.0369. The molecule has 1 atom stereocenters. The van der Waals surface area contributed by atoms with Gasteiger partial charge in [-0.05, 0) is 37.5 Å². The summed E-state index contributed by atoms with van der Waals surface area (Å²) in [5, 5.41) is 3.49. The van der Waals surface area contributed by atoms with E-state index in [0.717, 1.165) is 0 Å². The molecule has 2 aliphatic rings. The van der Waals surface area contributed by atoms with Crippen molar-refractivity contribution in [3.8, 4) is 0 Å². The van der Waals surface area contributed by atoms with Crippen molar-refractivity contribution >= 4 is 40.8 Å². The number of nitrogens with zero attached hydrogens (tertiary/aromatic N) is 1. The maximum absolute atomic E-state index is 12.6. The number of piperidine rings is 1. The van der Waals surface area contributed by atoms with Crippen LogP contribution < -0.4 is 5.32 Å². The first kappa shape index (κ1) is 17.2. The molecule has 0 aromatic heterocycles. The summed E-state index contributed by atoms with van der Waals surface area (Å²) in [5.74, 6) is -0.196. The molecule has 2 fully saturated rings. The lowest BCUT2D eigenvalue weighted by Gasteiger charge is -2.33. The van der Waals surface area contributed by atoms with Crippen LogP contribution in [0.4, 0.5) is 0 Å². The van der Waals surface area contributed by atoms with Gasteiger partial charge >= 0.3 is 0 Å². The molecule has 0 saturated carbocycles. The second kappa shape index (κ2) is 7.11. The molecule has 0 spiro atoms. The van der Waals surface area contributed by atoms with Crippen molar-refractivity contribution in [1.29, 1.82) is 0 Å². The molecule has 3 rings (SSSR count). The van der Waals surface area contributed by atoms with Gasteiger partial charge in [0.25, 0.3) is 0 Å². The van der Waals surface area contributed by atoms with Crippen LogP contribution in [0.3, 0.4) is 0 Å². The Morgan fingerprint density at radius 1 is 1.08 bits per heavy atom. The average molecular weight is 369 g/mol. The zero-order valence-electron chi connectivity index (χ0n) is 13.1. The molecule has 1 aromatic carbocycles. The summed E-state index contributed by atoms with van der Waals surface area (Å²) < 4.78 is 0. The SMILES string of the molecule is O=C1CCC(C(=O)N2CCC(C(=O)c3ccc(Cl)c(Cl)c3)CC2)N1. The van der Waals surface area contributed by atoms with E-state index < -0.39 is 6.04 Å². The summed E-state index contributed by atoms with van der Waals surface area (Å²) in [6.45, 7) is 1.06. The molecule has 1 N–H and O–H groups in total. The van der Waals surface area contributed by atoms with Gasteiger partial charge in [-0.25, -0.2) is 0 Å². The van der Waals surface area contributed by atoms with Gasteiger partial charge in [-0.2, -0.15) is 0 Å². The summed E-state index contributed by atoms with van der Waals surface area (Å²) in [5.41, 5.74) is 0.553. The van der Waals surface area contributed by atoms with Crippen LogP contribution in [0.1, 0.15) is 36.0 Å². The van der Waals surface area contributed by atoms with E-state index in [9.17, 15) is 14.4 Å². The van der Waals surface area contributed by atoms with Crippen LogP contribution in [0.2, 0.25) is 10.0 Å². The smallest absolute Gasteiger partial charge is 0.245 e. The molecule has 7 heteroatoms. The van der Waals surface area contributed by atoms with Crippen molar-refractivity contribution in [3.05, 3.63) is 33.8 Å². The third-order valence-electron chi connectivity index (χ3n) is 4.67. The van der Waals surface area contributed by atoms with Crippen LogP contribution in [0.5, 0.6) is 0 Å². The van der Waals surface area contributed by atoms with E-state index >= 15 is 0 Å². The number of rotatable bonds is 3. The van der Waals surface area contributed by atoms with Gasteiger partial charge in [0.05, 0.1) is 10.0 Å². The van der Waals surface area contributed by atoms with Crippen molar-refractivity contribution in [3.63, 3.8) is 0 Å². The zero-order chi connectivity index (χ0) is 17.3.